The summed E-state index contributed by atoms with van der Waals surface area (Å²) in [5.74, 6) is -1.98. The zero-order valence-electron chi connectivity index (χ0n) is 14.0. The highest BCUT2D eigenvalue weighted by atomic mass is 16.4. The van der Waals surface area contributed by atoms with Crippen molar-refractivity contribution in [3.63, 3.8) is 0 Å². The molecule has 5 atom stereocenters. The van der Waals surface area contributed by atoms with Crippen LogP contribution in [0.2, 0.25) is 0 Å². The maximum atomic E-state index is 12.3. The summed E-state index contributed by atoms with van der Waals surface area (Å²) in [4.78, 5) is 27.5. The van der Waals surface area contributed by atoms with E-state index >= 15 is 0 Å². The van der Waals surface area contributed by atoms with Gasteiger partial charge < -0.3 is 20.2 Å². The first-order chi connectivity index (χ1) is 11.4. The molecule has 8 nitrogen and oxygen atoms in total. The molecular formula is C16H25N3O5. The fourth-order valence-corrected chi connectivity index (χ4v) is 4.37. The smallest absolute Gasteiger partial charge is 0.352 e. The molecular weight excluding hydrogens is 314 g/mol. The predicted molar refractivity (Wildman–Crippen MR) is 84.7 cm³/mol. The van der Waals surface area contributed by atoms with Crippen molar-refractivity contribution in [3.05, 3.63) is 11.3 Å². The van der Waals surface area contributed by atoms with Crippen LogP contribution in [0.15, 0.2) is 11.3 Å². The maximum Gasteiger partial charge on any atom is 0.352 e. The number of carboxylic acid groups (broad SMARTS) is 1. The SMILES string of the molecule is C[C@@H](O)C1C(=O)N2C(C(=O)O)=C(CN3CC[C@H](NCO)C3)[C@H](C)C12. The fraction of sp³-hybridized carbons (Fsp3) is 0.750. The van der Waals surface area contributed by atoms with Crippen molar-refractivity contribution in [2.45, 2.75) is 38.5 Å². The average molecular weight is 339 g/mol. The number of carboxylic acids is 1. The molecule has 24 heavy (non-hydrogen) atoms. The van der Waals surface area contributed by atoms with Crippen LogP contribution < -0.4 is 5.32 Å². The molecule has 3 aliphatic heterocycles. The van der Waals surface area contributed by atoms with E-state index in [1.54, 1.807) is 6.92 Å². The van der Waals surface area contributed by atoms with Crippen LogP contribution in [0.1, 0.15) is 20.3 Å². The number of β-lactam (4-membered cyclic amide) rings is 1. The number of aliphatic hydroxyl groups is 2. The Hall–Kier alpha value is -1.48. The van der Waals surface area contributed by atoms with Crippen LogP contribution in [-0.2, 0) is 9.59 Å². The van der Waals surface area contributed by atoms with E-state index in [1.807, 2.05) is 6.92 Å². The maximum absolute atomic E-state index is 12.3. The average Bonchev–Trinajstić information content (AvgIpc) is 3.02. The van der Waals surface area contributed by atoms with Crippen molar-refractivity contribution in [2.75, 3.05) is 26.4 Å². The van der Waals surface area contributed by atoms with Crippen LogP contribution in [0.4, 0.5) is 0 Å². The highest BCUT2D eigenvalue weighted by Crippen LogP contribution is 2.47. The van der Waals surface area contributed by atoms with Crippen LogP contribution >= 0.6 is 0 Å². The Bertz CT molecular complexity index is 576. The number of rotatable bonds is 6. The third kappa shape index (κ3) is 2.63. The molecule has 3 rings (SSSR count). The minimum atomic E-state index is -1.08. The summed E-state index contributed by atoms with van der Waals surface area (Å²) in [7, 11) is 0. The molecule has 0 bridgehead atoms. The molecule has 8 heteroatoms. The molecule has 0 radical (unpaired) electrons. The summed E-state index contributed by atoms with van der Waals surface area (Å²) >= 11 is 0. The Morgan fingerprint density at radius 2 is 2.17 bits per heavy atom. The molecule has 0 aromatic heterocycles. The lowest BCUT2D eigenvalue weighted by Crippen LogP contribution is -2.63. The molecule has 0 aliphatic carbocycles. The van der Waals surface area contributed by atoms with Crippen LogP contribution in [0.3, 0.4) is 0 Å². The number of likely N-dealkylation sites (tertiary alicyclic amines) is 1. The summed E-state index contributed by atoms with van der Waals surface area (Å²) < 4.78 is 0. The van der Waals surface area contributed by atoms with Gasteiger partial charge >= 0.3 is 5.97 Å². The third-order valence-corrected chi connectivity index (χ3v) is 5.56. The number of nitrogens with one attached hydrogen (secondary N) is 1. The Balaban J connectivity index is 1.79. The highest BCUT2D eigenvalue weighted by Gasteiger charge is 2.59. The van der Waals surface area contributed by atoms with Gasteiger partial charge in [0.25, 0.3) is 0 Å². The molecule has 0 aromatic carbocycles. The zero-order chi connectivity index (χ0) is 17.6. The number of nitrogens with zero attached hydrogens (tertiary/aromatic N) is 2. The first kappa shape index (κ1) is 17.3. The minimum absolute atomic E-state index is 0.0710. The lowest BCUT2D eigenvalue weighted by atomic mass is 9.77. The molecule has 2 fully saturated rings. The van der Waals surface area contributed by atoms with E-state index in [9.17, 15) is 19.8 Å². The van der Waals surface area contributed by atoms with Crippen molar-refractivity contribution in [1.82, 2.24) is 15.1 Å². The van der Waals surface area contributed by atoms with E-state index in [0.717, 1.165) is 25.1 Å². The quantitative estimate of drug-likeness (QED) is 0.355. The number of hydrogen-bond acceptors (Lipinski definition) is 6. The standard InChI is InChI=1S/C16H25N3O5/c1-8-11(6-18-4-3-10(5-18)17-7-20)14(16(23)24)19-13(8)12(9(2)21)15(19)22/h8-10,12-13,17,20-21H,3-7H2,1-2H3,(H,23,24)/t8-,9+,10-,12?,13?/m0/s1. The number of aliphatic hydroxyl groups excluding tert-OH is 2. The summed E-state index contributed by atoms with van der Waals surface area (Å²) in [6, 6.07) is -0.0583. The molecule has 0 spiro atoms. The summed E-state index contributed by atoms with van der Waals surface area (Å²) in [6.45, 7) is 5.50. The Kier molecular flexibility index (Phi) is 4.65. The van der Waals surface area contributed by atoms with E-state index in [2.05, 4.69) is 10.2 Å². The van der Waals surface area contributed by atoms with Gasteiger partial charge in [-0.25, -0.2) is 4.79 Å². The largest absolute Gasteiger partial charge is 0.477 e. The molecule has 134 valence electrons. The molecule has 4 N–H and O–H groups in total. The number of hydrogen-bond donors (Lipinski definition) is 4. The van der Waals surface area contributed by atoms with Gasteiger partial charge in [-0.2, -0.15) is 0 Å². The molecule has 0 aromatic rings. The van der Waals surface area contributed by atoms with Crippen molar-refractivity contribution < 1.29 is 24.9 Å². The van der Waals surface area contributed by atoms with Gasteiger partial charge in [-0.15, -0.1) is 0 Å². The second kappa shape index (κ2) is 6.44. The van der Waals surface area contributed by atoms with E-state index < -0.39 is 18.0 Å². The number of aliphatic carboxylic acids is 1. The van der Waals surface area contributed by atoms with Crippen LogP contribution in [0, 0.1) is 11.8 Å². The molecule has 1 amide bonds. The zero-order valence-corrected chi connectivity index (χ0v) is 14.0. The first-order valence-corrected chi connectivity index (χ1v) is 8.40. The number of carbonyl (C=O) groups excluding carboxylic acids is 1. The fourth-order valence-electron chi connectivity index (χ4n) is 4.37. The third-order valence-electron chi connectivity index (χ3n) is 5.56. The normalized spacial score (nSPS) is 34.5. The van der Waals surface area contributed by atoms with E-state index in [-0.39, 0.29) is 36.3 Å². The lowest BCUT2D eigenvalue weighted by Gasteiger charge is -2.46. The van der Waals surface area contributed by atoms with Gasteiger partial charge in [-0.3, -0.25) is 15.0 Å². The predicted octanol–water partition coefficient (Wildman–Crippen LogP) is -1.20. The Morgan fingerprint density at radius 3 is 2.75 bits per heavy atom. The van der Waals surface area contributed by atoms with Crippen LogP contribution in [-0.4, -0.2) is 81.5 Å². The number of amides is 1. The van der Waals surface area contributed by atoms with Crippen LogP contribution in [0.5, 0.6) is 0 Å². The van der Waals surface area contributed by atoms with Gasteiger partial charge in [0.05, 0.1) is 24.8 Å². The summed E-state index contributed by atoms with van der Waals surface area (Å²) in [5, 5.41) is 31.4. The monoisotopic (exact) mass is 339 g/mol. The minimum Gasteiger partial charge on any atom is -0.477 e. The van der Waals surface area contributed by atoms with E-state index in [4.69, 9.17) is 5.11 Å². The Morgan fingerprint density at radius 1 is 1.46 bits per heavy atom. The lowest BCUT2D eigenvalue weighted by molar-refractivity contribution is -0.163. The first-order valence-electron chi connectivity index (χ1n) is 8.40. The Labute approximate surface area is 140 Å². The summed E-state index contributed by atoms with van der Waals surface area (Å²) in [6.07, 6.45) is 0.119. The van der Waals surface area contributed by atoms with Gasteiger partial charge in [0.2, 0.25) is 5.91 Å². The molecule has 2 unspecified atom stereocenters. The molecule has 3 heterocycles. The number of carbonyl (C=O) groups is 2. The van der Waals surface area contributed by atoms with E-state index in [0.29, 0.717) is 6.54 Å². The summed E-state index contributed by atoms with van der Waals surface area (Å²) in [5.41, 5.74) is 0.849. The highest BCUT2D eigenvalue weighted by molar-refractivity contribution is 6.00. The van der Waals surface area contributed by atoms with Crippen molar-refractivity contribution >= 4 is 11.9 Å². The molecule has 3 aliphatic rings. The van der Waals surface area contributed by atoms with Crippen molar-refractivity contribution in [3.8, 4) is 0 Å². The van der Waals surface area contributed by atoms with Crippen molar-refractivity contribution in [2.24, 2.45) is 11.8 Å². The second-order valence-electron chi connectivity index (χ2n) is 7.02. The van der Waals surface area contributed by atoms with Gasteiger partial charge in [0.15, 0.2) is 0 Å². The van der Waals surface area contributed by atoms with Gasteiger partial charge in [0.1, 0.15) is 5.70 Å². The number of fused-ring (bicyclic) bond motifs is 1. The van der Waals surface area contributed by atoms with Crippen LogP contribution in [0.25, 0.3) is 0 Å². The van der Waals surface area contributed by atoms with E-state index in [1.165, 1.54) is 4.90 Å². The van der Waals surface area contributed by atoms with Gasteiger partial charge in [-0.1, -0.05) is 6.92 Å². The van der Waals surface area contributed by atoms with Gasteiger partial charge in [0, 0.05) is 31.6 Å². The second-order valence-corrected chi connectivity index (χ2v) is 7.02. The van der Waals surface area contributed by atoms with Gasteiger partial charge in [-0.05, 0) is 18.9 Å². The molecule has 0 saturated carbocycles. The topological polar surface area (TPSA) is 113 Å². The molecule has 2 saturated heterocycles. The van der Waals surface area contributed by atoms with Crippen molar-refractivity contribution in [1.29, 1.82) is 0 Å².